The molecule has 88 valence electrons. The molecule has 0 saturated heterocycles. The Bertz CT molecular complexity index is 361. The number of phenols is 1. The van der Waals surface area contributed by atoms with E-state index in [9.17, 15) is 14.3 Å². The van der Waals surface area contributed by atoms with Crippen molar-refractivity contribution >= 4 is 5.97 Å². The number of benzene rings is 1. The van der Waals surface area contributed by atoms with Gasteiger partial charge in [-0.25, -0.2) is 4.39 Å². The van der Waals surface area contributed by atoms with Gasteiger partial charge in [-0.2, -0.15) is 0 Å². The third-order valence-corrected chi connectivity index (χ3v) is 2.15. The molecule has 0 aliphatic heterocycles. The maximum absolute atomic E-state index is 13.0. The Balaban J connectivity index is 2.73. The summed E-state index contributed by atoms with van der Waals surface area (Å²) in [5.74, 6) is -1.61. The average molecular weight is 227 g/mol. The smallest absolute Gasteiger partial charge is 0.317 e. The van der Waals surface area contributed by atoms with Crippen molar-refractivity contribution in [2.24, 2.45) is 0 Å². The summed E-state index contributed by atoms with van der Waals surface area (Å²) in [7, 11) is 0. The number of hydrogen-bond donors (Lipinski definition) is 2. The molecule has 0 fully saturated rings. The van der Waals surface area contributed by atoms with Crippen LogP contribution in [0.5, 0.6) is 5.75 Å². The van der Waals surface area contributed by atoms with Crippen LogP contribution in [0, 0.1) is 5.82 Å². The zero-order valence-electron chi connectivity index (χ0n) is 8.98. The Morgan fingerprint density at radius 1 is 1.44 bits per heavy atom. The Morgan fingerprint density at radius 2 is 2.12 bits per heavy atom. The standard InChI is InChI=1S/C11H14FNO3/c1-2-13(7-11(15)16)6-8-3-9(12)5-10(14)4-8/h3-5,14H,2,6-7H2,1H3,(H,15,16). The zero-order chi connectivity index (χ0) is 12.1. The molecule has 0 amide bonds. The summed E-state index contributed by atoms with van der Waals surface area (Å²) >= 11 is 0. The van der Waals surface area contributed by atoms with E-state index in [4.69, 9.17) is 5.11 Å². The topological polar surface area (TPSA) is 60.8 Å². The van der Waals surface area contributed by atoms with Crippen LogP contribution in [0.1, 0.15) is 12.5 Å². The Hall–Kier alpha value is -1.62. The number of rotatable bonds is 5. The van der Waals surface area contributed by atoms with Crippen molar-refractivity contribution in [3.8, 4) is 5.75 Å². The van der Waals surface area contributed by atoms with Crippen LogP contribution in [-0.4, -0.2) is 34.2 Å². The molecule has 1 aromatic rings. The van der Waals surface area contributed by atoms with Gasteiger partial charge in [0, 0.05) is 12.6 Å². The van der Waals surface area contributed by atoms with Gasteiger partial charge in [-0.1, -0.05) is 6.92 Å². The average Bonchev–Trinajstić information content (AvgIpc) is 2.14. The van der Waals surface area contributed by atoms with Crippen LogP contribution < -0.4 is 0 Å². The molecule has 16 heavy (non-hydrogen) atoms. The summed E-state index contributed by atoms with van der Waals surface area (Å²) < 4.78 is 13.0. The van der Waals surface area contributed by atoms with Crippen molar-refractivity contribution in [3.05, 3.63) is 29.6 Å². The van der Waals surface area contributed by atoms with E-state index in [0.717, 1.165) is 6.07 Å². The van der Waals surface area contributed by atoms with Gasteiger partial charge in [-0.3, -0.25) is 9.69 Å². The summed E-state index contributed by atoms with van der Waals surface area (Å²) in [6, 6.07) is 3.72. The summed E-state index contributed by atoms with van der Waals surface area (Å²) in [5, 5.41) is 17.8. The van der Waals surface area contributed by atoms with Crippen molar-refractivity contribution < 1.29 is 19.4 Å². The van der Waals surface area contributed by atoms with Gasteiger partial charge in [0.15, 0.2) is 0 Å². The number of carboxylic acids is 1. The van der Waals surface area contributed by atoms with E-state index in [2.05, 4.69) is 0 Å². The minimum atomic E-state index is -0.928. The molecule has 0 aliphatic carbocycles. The van der Waals surface area contributed by atoms with E-state index in [1.54, 1.807) is 4.90 Å². The Kier molecular flexibility index (Phi) is 4.25. The third kappa shape index (κ3) is 3.86. The molecule has 0 atom stereocenters. The first-order valence-electron chi connectivity index (χ1n) is 4.94. The molecule has 0 heterocycles. The van der Waals surface area contributed by atoms with Gasteiger partial charge in [0.25, 0.3) is 0 Å². The van der Waals surface area contributed by atoms with Gasteiger partial charge in [0.1, 0.15) is 11.6 Å². The number of nitrogens with zero attached hydrogens (tertiary/aromatic N) is 1. The highest BCUT2D eigenvalue weighted by Gasteiger charge is 2.09. The molecule has 0 aliphatic rings. The quantitative estimate of drug-likeness (QED) is 0.799. The van der Waals surface area contributed by atoms with E-state index in [0.29, 0.717) is 18.7 Å². The van der Waals surface area contributed by atoms with Crippen molar-refractivity contribution in [1.29, 1.82) is 0 Å². The zero-order valence-corrected chi connectivity index (χ0v) is 8.98. The number of likely N-dealkylation sites (N-methyl/N-ethyl adjacent to an activating group) is 1. The third-order valence-electron chi connectivity index (χ3n) is 2.15. The number of hydrogen-bond acceptors (Lipinski definition) is 3. The minimum absolute atomic E-state index is 0.103. The fraction of sp³-hybridized carbons (Fsp3) is 0.364. The van der Waals surface area contributed by atoms with Crippen LogP contribution in [0.4, 0.5) is 4.39 Å². The van der Waals surface area contributed by atoms with Gasteiger partial charge < -0.3 is 10.2 Å². The lowest BCUT2D eigenvalue weighted by atomic mass is 10.2. The highest BCUT2D eigenvalue weighted by atomic mass is 19.1. The summed E-state index contributed by atoms with van der Waals surface area (Å²) in [5.41, 5.74) is 0.556. The maximum Gasteiger partial charge on any atom is 0.317 e. The number of aliphatic carboxylic acids is 1. The Labute approximate surface area is 92.9 Å². The first kappa shape index (κ1) is 12.4. The summed E-state index contributed by atoms with van der Waals surface area (Å²) in [4.78, 5) is 12.2. The molecule has 1 aromatic carbocycles. The van der Waals surface area contributed by atoms with E-state index in [-0.39, 0.29) is 12.3 Å². The second kappa shape index (κ2) is 5.46. The van der Waals surface area contributed by atoms with Gasteiger partial charge in [0.05, 0.1) is 6.54 Å². The number of carbonyl (C=O) groups is 1. The van der Waals surface area contributed by atoms with Crippen LogP contribution in [0.2, 0.25) is 0 Å². The second-order valence-electron chi connectivity index (χ2n) is 3.51. The van der Waals surface area contributed by atoms with E-state index < -0.39 is 11.8 Å². The molecule has 2 N–H and O–H groups in total. The fourth-order valence-electron chi connectivity index (χ4n) is 1.45. The molecule has 0 aromatic heterocycles. The van der Waals surface area contributed by atoms with Crippen molar-refractivity contribution in [2.75, 3.05) is 13.1 Å². The van der Waals surface area contributed by atoms with Crippen LogP contribution >= 0.6 is 0 Å². The van der Waals surface area contributed by atoms with E-state index in [1.807, 2.05) is 6.92 Å². The van der Waals surface area contributed by atoms with Crippen LogP contribution in [0.3, 0.4) is 0 Å². The molecule has 4 nitrogen and oxygen atoms in total. The molecule has 5 heteroatoms. The van der Waals surface area contributed by atoms with Crippen molar-refractivity contribution in [2.45, 2.75) is 13.5 Å². The molecule has 0 radical (unpaired) electrons. The normalized spacial score (nSPS) is 10.7. The van der Waals surface area contributed by atoms with Gasteiger partial charge in [0.2, 0.25) is 0 Å². The first-order valence-corrected chi connectivity index (χ1v) is 4.94. The van der Waals surface area contributed by atoms with Crippen LogP contribution in [0.15, 0.2) is 18.2 Å². The summed E-state index contributed by atoms with van der Waals surface area (Å²) in [6.45, 7) is 2.56. The first-order chi connectivity index (χ1) is 7.51. The molecule has 0 unspecified atom stereocenters. The van der Waals surface area contributed by atoms with Crippen LogP contribution in [-0.2, 0) is 11.3 Å². The lowest BCUT2D eigenvalue weighted by Crippen LogP contribution is -2.29. The lowest BCUT2D eigenvalue weighted by molar-refractivity contribution is -0.138. The monoisotopic (exact) mass is 227 g/mol. The SMILES string of the molecule is CCN(CC(=O)O)Cc1cc(O)cc(F)c1. The lowest BCUT2D eigenvalue weighted by Gasteiger charge is -2.17. The predicted molar refractivity (Wildman–Crippen MR) is 56.7 cm³/mol. The maximum atomic E-state index is 13.0. The van der Waals surface area contributed by atoms with Crippen molar-refractivity contribution in [3.63, 3.8) is 0 Å². The highest BCUT2D eigenvalue weighted by Crippen LogP contribution is 2.16. The van der Waals surface area contributed by atoms with E-state index in [1.165, 1.54) is 12.1 Å². The summed E-state index contributed by atoms with van der Waals surface area (Å²) in [6.07, 6.45) is 0. The number of carboxylic acid groups (broad SMARTS) is 1. The van der Waals surface area contributed by atoms with E-state index >= 15 is 0 Å². The Morgan fingerprint density at radius 3 is 2.62 bits per heavy atom. The van der Waals surface area contributed by atoms with Gasteiger partial charge >= 0.3 is 5.97 Å². The number of halogens is 1. The largest absolute Gasteiger partial charge is 0.508 e. The molecule has 1 rings (SSSR count). The number of aromatic hydroxyl groups is 1. The molecular weight excluding hydrogens is 213 g/mol. The molecule has 0 spiro atoms. The number of phenolic OH excluding ortho intramolecular Hbond substituents is 1. The molecular formula is C11H14FNO3. The predicted octanol–water partition coefficient (Wildman–Crippen LogP) is 1.44. The van der Waals surface area contributed by atoms with Crippen molar-refractivity contribution in [1.82, 2.24) is 4.90 Å². The molecule has 0 saturated carbocycles. The minimum Gasteiger partial charge on any atom is -0.508 e. The molecule has 0 bridgehead atoms. The van der Waals surface area contributed by atoms with Crippen LogP contribution in [0.25, 0.3) is 0 Å². The highest BCUT2D eigenvalue weighted by molar-refractivity contribution is 5.69. The fourth-order valence-corrected chi connectivity index (χ4v) is 1.45. The van der Waals surface area contributed by atoms with Gasteiger partial charge in [-0.15, -0.1) is 0 Å². The second-order valence-corrected chi connectivity index (χ2v) is 3.51. The van der Waals surface area contributed by atoms with Gasteiger partial charge in [-0.05, 0) is 24.2 Å².